The molecule has 5 heteroatoms. The van der Waals surface area contributed by atoms with Gasteiger partial charge >= 0.3 is 0 Å². The second-order valence-corrected chi connectivity index (χ2v) is 4.86. The van der Waals surface area contributed by atoms with Crippen molar-refractivity contribution in [2.24, 2.45) is 0 Å². The highest BCUT2D eigenvalue weighted by molar-refractivity contribution is 5.94. The van der Waals surface area contributed by atoms with Crippen LogP contribution in [0.2, 0.25) is 0 Å². The molecule has 0 saturated carbocycles. The van der Waals surface area contributed by atoms with Crippen molar-refractivity contribution >= 4 is 5.91 Å². The predicted molar refractivity (Wildman–Crippen MR) is 70.6 cm³/mol. The number of hydrogen-bond acceptors (Lipinski definition) is 3. The summed E-state index contributed by atoms with van der Waals surface area (Å²) in [7, 11) is 0. The molecule has 2 aromatic heterocycles. The van der Waals surface area contributed by atoms with E-state index in [1.165, 1.54) is 0 Å². The van der Waals surface area contributed by atoms with Gasteiger partial charge in [0.05, 0.1) is 17.3 Å². The maximum Gasteiger partial charge on any atom is 0.255 e. The highest BCUT2D eigenvalue weighted by atomic mass is 16.2. The van der Waals surface area contributed by atoms with Crippen LogP contribution in [0.1, 0.15) is 40.6 Å². The Morgan fingerprint density at radius 3 is 3.00 bits per heavy atom. The van der Waals surface area contributed by atoms with Gasteiger partial charge in [-0.3, -0.25) is 14.9 Å². The topological polar surface area (TPSA) is 61.9 Å². The maximum atomic E-state index is 12.5. The third-order valence-corrected chi connectivity index (χ3v) is 3.55. The van der Waals surface area contributed by atoms with E-state index in [4.69, 9.17) is 0 Å². The van der Waals surface area contributed by atoms with E-state index >= 15 is 0 Å². The van der Waals surface area contributed by atoms with Crippen LogP contribution in [0.25, 0.3) is 0 Å². The maximum absolute atomic E-state index is 12.5. The number of aromatic amines is 1. The number of rotatable bonds is 2. The van der Waals surface area contributed by atoms with Gasteiger partial charge in [0.1, 0.15) is 0 Å². The van der Waals surface area contributed by atoms with Gasteiger partial charge in [0.2, 0.25) is 0 Å². The molecule has 2 aromatic rings. The second-order valence-electron chi connectivity index (χ2n) is 4.86. The molecule has 1 N–H and O–H groups in total. The lowest BCUT2D eigenvalue weighted by molar-refractivity contribution is 0.0732. The van der Waals surface area contributed by atoms with Gasteiger partial charge in [0.25, 0.3) is 5.91 Å². The van der Waals surface area contributed by atoms with Crippen molar-refractivity contribution in [2.75, 3.05) is 6.54 Å². The Hall–Kier alpha value is -2.17. The van der Waals surface area contributed by atoms with Crippen molar-refractivity contribution < 1.29 is 4.79 Å². The fourth-order valence-corrected chi connectivity index (χ4v) is 2.55. The van der Waals surface area contributed by atoms with Crippen LogP contribution in [0.4, 0.5) is 0 Å². The first-order chi connectivity index (χ1) is 9.25. The smallest absolute Gasteiger partial charge is 0.255 e. The van der Waals surface area contributed by atoms with E-state index < -0.39 is 0 Å². The molecule has 5 nitrogen and oxygen atoms in total. The second kappa shape index (κ2) is 4.84. The number of aromatic nitrogens is 3. The first-order valence-corrected chi connectivity index (χ1v) is 6.48. The van der Waals surface area contributed by atoms with E-state index in [9.17, 15) is 4.79 Å². The van der Waals surface area contributed by atoms with Crippen LogP contribution < -0.4 is 0 Å². The summed E-state index contributed by atoms with van der Waals surface area (Å²) in [5, 5.41) is 6.93. The molecule has 0 spiro atoms. The lowest BCUT2D eigenvalue weighted by atomic mass is 10.1. The molecule has 0 unspecified atom stereocenters. The quantitative estimate of drug-likeness (QED) is 0.895. The molecule has 1 fully saturated rings. The molecule has 1 saturated heterocycles. The van der Waals surface area contributed by atoms with Gasteiger partial charge in [0.15, 0.2) is 0 Å². The number of carbonyl (C=O) groups is 1. The number of pyridine rings is 1. The number of amides is 1. The lowest BCUT2D eigenvalue weighted by Gasteiger charge is -2.23. The fraction of sp³-hybridized carbons (Fsp3) is 0.357. The van der Waals surface area contributed by atoms with E-state index in [1.54, 1.807) is 12.4 Å². The third kappa shape index (κ3) is 2.23. The number of hydrogen-bond donors (Lipinski definition) is 1. The monoisotopic (exact) mass is 256 g/mol. The first kappa shape index (κ1) is 11.9. The van der Waals surface area contributed by atoms with Crippen molar-refractivity contribution in [3.05, 3.63) is 47.5 Å². The summed E-state index contributed by atoms with van der Waals surface area (Å²) in [6.45, 7) is 2.70. The first-order valence-electron chi connectivity index (χ1n) is 6.48. The minimum absolute atomic E-state index is 0.0459. The Kier molecular flexibility index (Phi) is 3.03. The van der Waals surface area contributed by atoms with Gasteiger partial charge in [-0.05, 0) is 38.0 Å². The van der Waals surface area contributed by atoms with Gasteiger partial charge in [-0.15, -0.1) is 0 Å². The van der Waals surface area contributed by atoms with Gasteiger partial charge < -0.3 is 4.90 Å². The molecule has 3 heterocycles. The number of likely N-dealkylation sites (tertiary alicyclic amines) is 1. The number of nitrogens with one attached hydrogen (secondary N) is 1. The molecule has 1 aliphatic rings. The van der Waals surface area contributed by atoms with Crippen LogP contribution in [0.5, 0.6) is 0 Å². The lowest BCUT2D eigenvalue weighted by Crippen LogP contribution is -2.30. The SMILES string of the molecule is Cc1ccc(C(=O)N2CCC[C@H]2c2ccn[nH]2)cn1. The Bertz CT molecular complexity index is 562. The van der Waals surface area contributed by atoms with Crippen molar-refractivity contribution in [3.63, 3.8) is 0 Å². The average Bonchev–Trinajstić information content (AvgIpc) is 3.09. The third-order valence-electron chi connectivity index (χ3n) is 3.55. The van der Waals surface area contributed by atoms with Gasteiger partial charge in [-0.2, -0.15) is 5.10 Å². The van der Waals surface area contributed by atoms with Gasteiger partial charge in [0, 0.05) is 24.6 Å². The Balaban J connectivity index is 1.84. The number of aryl methyl sites for hydroxylation is 1. The zero-order chi connectivity index (χ0) is 13.2. The van der Waals surface area contributed by atoms with Crippen molar-refractivity contribution in [1.82, 2.24) is 20.1 Å². The molecule has 1 atom stereocenters. The molecule has 0 radical (unpaired) electrons. The largest absolute Gasteiger partial charge is 0.330 e. The molecule has 19 heavy (non-hydrogen) atoms. The van der Waals surface area contributed by atoms with E-state index in [0.29, 0.717) is 5.56 Å². The van der Waals surface area contributed by atoms with Crippen molar-refractivity contribution in [1.29, 1.82) is 0 Å². The van der Waals surface area contributed by atoms with Crippen molar-refractivity contribution in [2.45, 2.75) is 25.8 Å². The van der Waals surface area contributed by atoms with E-state index in [1.807, 2.05) is 30.0 Å². The molecule has 3 rings (SSSR count). The van der Waals surface area contributed by atoms with Crippen LogP contribution in [0.3, 0.4) is 0 Å². The molecule has 1 amide bonds. The van der Waals surface area contributed by atoms with Gasteiger partial charge in [-0.25, -0.2) is 0 Å². The highest BCUT2D eigenvalue weighted by Crippen LogP contribution is 2.31. The Morgan fingerprint density at radius 2 is 2.32 bits per heavy atom. The van der Waals surface area contributed by atoms with E-state index in [0.717, 1.165) is 30.8 Å². The molecular weight excluding hydrogens is 240 g/mol. The summed E-state index contributed by atoms with van der Waals surface area (Å²) in [5.41, 5.74) is 2.58. The predicted octanol–water partition coefficient (Wildman–Crippen LogP) is 2.09. The number of nitrogens with zero attached hydrogens (tertiary/aromatic N) is 3. The fourth-order valence-electron chi connectivity index (χ4n) is 2.55. The normalized spacial score (nSPS) is 18.8. The standard InChI is InChI=1S/C14H16N4O/c1-10-4-5-11(9-15-10)14(19)18-8-2-3-13(18)12-6-7-16-17-12/h4-7,9,13H,2-3,8H2,1H3,(H,16,17)/t13-/m0/s1. The van der Waals surface area contributed by atoms with Gasteiger partial charge in [-0.1, -0.05) is 0 Å². The molecule has 0 aromatic carbocycles. The number of carbonyl (C=O) groups excluding carboxylic acids is 1. The van der Waals surface area contributed by atoms with Crippen LogP contribution >= 0.6 is 0 Å². The molecule has 98 valence electrons. The molecule has 0 aliphatic carbocycles. The van der Waals surface area contributed by atoms with Crippen molar-refractivity contribution in [3.8, 4) is 0 Å². The zero-order valence-corrected chi connectivity index (χ0v) is 10.8. The zero-order valence-electron chi connectivity index (χ0n) is 10.8. The minimum atomic E-state index is 0.0459. The summed E-state index contributed by atoms with van der Waals surface area (Å²) < 4.78 is 0. The minimum Gasteiger partial charge on any atom is -0.330 e. The van der Waals surface area contributed by atoms with Crippen LogP contribution in [0.15, 0.2) is 30.6 Å². The molecule has 1 aliphatic heterocycles. The average molecular weight is 256 g/mol. The Morgan fingerprint density at radius 1 is 1.42 bits per heavy atom. The summed E-state index contributed by atoms with van der Waals surface area (Å²) in [6, 6.07) is 5.75. The van der Waals surface area contributed by atoms with Crippen LogP contribution in [0, 0.1) is 6.92 Å². The Labute approximate surface area is 111 Å². The van der Waals surface area contributed by atoms with Crippen LogP contribution in [-0.4, -0.2) is 32.5 Å². The summed E-state index contributed by atoms with van der Waals surface area (Å²) in [5.74, 6) is 0.0459. The highest BCUT2D eigenvalue weighted by Gasteiger charge is 2.31. The summed E-state index contributed by atoms with van der Waals surface area (Å²) >= 11 is 0. The van der Waals surface area contributed by atoms with Crippen LogP contribution in [-0.2, 0) is 0 Å². The molecular formula is C14H16N4O. The number of H-pyrrole nitrogens is 1. The summed E-state index contributed by atoms with van der Waals surface area (Å²) in [6.07, 6.45) is 5.38. The molecule has 0 bridgehead atoms. The van der Waals surface area contributed by atoms with E-state index in [-0.39, 0.29) is 11.9 Å². The summed E-state index contributed by atoms with van der Waals surface area (Å²) in [4.78, 5) is 18.6. The van der Waals surface area contributed by atoms with E-state index in [2.05, 4.69) is 15.2 Å².